The normalized spacial score (nSPS) is 34.6. The zero-order valence-corrected chi connectivity index (χ0v) is 14.1. The minimum Gasteiger partial charge on any atom is -0.332 e. The van der Waals surface area contributed by atoms with Gasteiger partial charge >= 0.3 is 0 Å². The minimum absolute atomic E-state index is 0.00485. The summed E-state index contributed by atoms with van der Waals surface area (Å²) in [7, 11) is 0. The average Bonchev–Trinajstić information content (AvgIpc) is 2.52. The molecule has 1 aromatic carbocycles. The van der Waals surface area contributed by atoms with Crippen molar-refractivity contribution in [2.45, 2.75) is 50.6 Å². The zero-order valence-electron chi connectivity index (χ0n) is 13.3. The first-order valence-electron chi connectivity index (χ1n) is 8.69. The molecule has 5 rings (SSSR count). The van der Waals surface area contributed by atoms with E-state index in [1.54, 1.807) is 12.1 Å². The number of hydrogen-bond donors (Lipinski definition) is 0. The van der Waals surface area contributed by atoms with Crippen LogP contribution in [0.1, 0.15) is 44.1 Å². The fourth-order valence-corrected chi connectivity index (χ4v) is 5.90. The molecule has 0 N–H and O–H groups in total. The van der Waals surface area contributed by atoms with Gasteiger partial charge < -0.3 is 4.90 Å². The SMILES string of the molecule is O=C(CCl)N(Cc1ccc(F)cc1)C12CC3CC(CC(C3)C1)C2. The lowest BCUT2D eigenvalue weighted by atomic mass is 9.52. The summed E-state index contributed by atoms with van der Waals surface area (Å²) in [5.74, 6) is 2.15. The smallest absolute Gasteiger partial charge is 0.238 e. The number of alkyl halides is 1. The maximum Gasteiger partial charge on any atom is 0.238 e. The molecule has 4 aliphatic carbocycles. The molecule has 0 heterocycles. The molecule has 4 bridgehead atoms. The Hall–Kier alpha value is -1.09. The largest absolute Gasteiger partial charge is 0.332 e. The maximum atomic E-state index is 13.2. The van der Waals surface area contributed by atoms with Crippen LogP contribution >= 0.6 is 11.6 Å². The van der Waals surface area contributed by atoms with E-state index in [2.05, 4.69) is 0 Å². The molecule has 4 aliphatic rings. The van der Waals surface area contributed by atoms with Gasteiger partial charge in [0.25, 0.3) is 0 Å². The van der Waals surface area contributed by atoms with Crippen molar-refractivity contribution in [2.24, 2.45) is 17.8 Å². The Bertz CT molecular complexity index is 565. The summed E-state index contributed by atoms with van der Waals surface area (Å²) in [5.41, 5.74) is 0.982. The van der Waals surface area contributed by atoms with Crippen molar-refractivity contribution >= 4 is 17.5 Å². The monoisotopic (exact) mass is 335 g/mol. The lowest BCUT2D eigenvalue weighted by Gasteiger charge is -2.60. The predicted octanol–water partition coefficient (Wildman–Crippen LogP) is 4.36. The van der Waals surface area contributed by atoms with Gasteiger partial charge in [0.15, 0.2) is 0 Å². The summed E-state index contributed by atoms with van der Waals surface area (Å²) in [4.78, 5) is 14.7. The standard InChI is InChI=1S/C19H23ClFNO/c20-11-18(23)22(12-13-1-3-17(21)4-2-13)19-8-14-5-15(9-19)7-16(6-14)10-19/h1-4,14-16H,5-12H2. The molecule has 4 fully saturated rings. The second-order valence-electron chi connectivity index (χ2n) is 7.88. The molecular weight excluding hydrogens is 313 g/mol. The number of benzene rings is 1. The Labute approximate surface area is 142 Å². The average molecular weight is 336 g/mol. The van der Waals surface area contributed by atoms with Crippen molar-refractivity contribution in [3.8, 4) is 0 Å². The molecule has 23 heavy (non-hydrogen) atoms. The van der Waals surface area contributed by atoms with Crippen LogP contribution in [0, 0.1) is 23.6 Å². The highest BCUT2D eigenvalue weighted by Gasteiger charge is 2.54. The predicted molar refractivity (Wildman–Crippen MR) is 88.6 cm³/mol. The molecule has 1 amide bonds. The van der Waals surface area contributed by atoms with Crippen LogP contribution in [0.25, 0.3) is 0 Å². The van der Waals surface area contributed by atoms with E-state index in [9.17, 15) is 9.18 Å². The van der Waals surface area contributed by atoms with E-state index in [4.69, 9.17) is 11.6 Å². The van der Waals surface area contributed by atoms with Gasteiger partial charge in [0, 0.05) is 12.1 Å². The molecule has 0 aromatic heterocycles. The number of halogens is 2. The molecule has 4 saturated carbocycles. The third kappa shape index (κ3) is 2.77. The summed E-state index contributed by atoms with van der Waals surface area (Å²) >= 11 is 5.93. The van der Waals surface area contributed by atoms with Crippen molar-refractivity contribution in [3.63, 3.8) is 0 Å². The highest BCUT2D eigenvalue weighted by molar-refractivity contribution is 6.27. The fraction of sp³-hybridized carbons (Fsp3) is 0.632. The zero-order chi connectivity index (χ0) is 16.0. The Morgan fingerprint density at radius 2 is 1.61 bits per heavy atom. The second-order valence-corrected chi connectivity index (χ2v) is 8.15. The first kappa shape index (κ1) is 15.4. The van der Waals surface area contributed by atoms with Crippen LogP contribution in [-0.4, -0.2) is 22.2 Å². The summed E-state index contributed by atoms with van der Waals surface area (Å²) in [6.07, 6.45) is 7.42. The number of carbonyl (C=O) groups is 1. The second kappa shape index (κ2) is 5.77. The quantitative estimate of drug-likeness (QED) is 0.748. The van der Waals surface area contributed by atoms with Crippen molar-refractivity contribution in [1.82, 2.24) is 4.90 Å². The highest BCUT2D eigenvalue weighted by atomic mass is 35.5. The van der Waals surface area contributed by atoms with Gasteiger partial charge in [0.05, 0.1) is 0 Å². The van der Waals surface area contributed by atoms with E-state index < -0.39 is 0 Å². The summed E-state index contributed by atoms with van der Waals surface area (Å²) < 4.78 is 13.2. The summed E-state index contributed by atoms with van der Waals surface area (Å²) in [5, 5.41) is 0. The van der Waals surface area contributed by atoms with E-state index >= 15 is 0 Å². The van der Waals surface area contributed by atoms with E-state index in [1.807, 2.05) is 4.90 Å². The van der Waals surface area contributed by atoms with Crippen LogP contribution < -0.4 is 0 Å². The maximum absolute atomic E-state index is 13.2. The van der Waals surface area contributed by atoms with Crippen LogP contribution in [0.2, 0.25) is 0 Å². The molecule has 0 atom stereocenters. The Kier molecular flexibility index (Phi) is 3.87. The molecule has 0 saturated heterocycles. The molecule has 2 nitrogen and oxygen atoms in total. The number of amides is 1. The number of hydrogen-bond acceptors (Lipinski definition) is 1. The molecule has 124 valence electrons. The fourth-order valence-electron chi connectivity index (χ4n) is 5.76. The molecule has 0 aliphatic heterocycles. The molecule has 0 radical (unpaired) electrons. The van der Waals surface area contributed by atoms with E-state index in [0.29, 0.717) is 6.54 Å². The van der Waals surface area contributed by atoms with E-state index in [0.717, 1.165) is 42.6 Å². The van der Waals surface area contributed by atoms with Crippen molar-refractivity contribution in [3.05, 3.63) is 35.6 Å². The van der Waals surface area contributed by atoms with Crippen molar-refractivity contribution in [2.75, 3.05) is 5.88 Å². The third-order valence-electron chi connectivity index (χ3n) is 6.25. The number of nitrogens with zero attached hydrogens (tertiary/aromatic N) is 1. The lowest BCUT2D eigenvalue weighted by Crippen LogP contribution is -2.61. The van der Waals surface area contributed by atoms with Gasteiger partial charge in [0.1, 0.15) is 11.7 Å². The third-order valence-corrected chi connectivity index (χ3v) is 6.48. The number of carbonyl (C=O) groups excluding carboxylic acids is 1. The summed E-state index contributed by atoms with van der Waals surface area (Å²) in [6, 6.07) is 6.51. The van der Waals surface area contributed by atoms with Crippen molar-refractivity contribution < 1.29 is 9.18 Å². The van der Waals surface area contributed by atoms with Gasteiger partial charge in [-0.2, -0.15) is 0 Å². The van der Waals surface area contributed by atoms with Crippen LogP contribution in [0.3, 0.4) is 0 Å². The van der Waals surface area contributed by atoms with Gasteiger partial charge in [-0.25, -0.2) is 4.39 Å². The Morgan fingerprint density at radius 3 is 2.09 bits per heavy atom. The molecule has 0 unspecified atom stereocenters. The Balaban J connectivity index is 1.63. The molecule has 4 heteroatoms. The Morgan fingerprint density at radius 1 is 1.09 bits per heavy atom. The van der Waals surface area contributed by atoms with Crippen LogP contribution in [-0.2, 0) is 11.3 Å². The minimum atomic E-state index is -0.237. The highest BCUT2D eigenvalue weighted by Crippen LogP contribution is 2.58. The van der Waals surface area contributed by atoms with Gasteiger partial charge in [-0.1, -0.05) is 12.1 Å². The summed E-state index contributed by atoms with van der Waals surface area (Å²) in [6.45, 7) is 0.554. The number of rotatable bonds is 4. The first-order chi connectivity index (χ1) is 11.1. The van der Waals surface area contributed by atoms with Gasteiger partial charge in [-0.15, -0.1) is 11.6 Å². The first-order valence-corrected chi connectivity index (χ1v) is 9.22. The molecular formula is C19H23ClFNO. The van der Waals surface area contributed by atoms with Crippen LogP contribution in [0.4, 0.5) is 4.39 Å². The van der Waals surface area contributed by atoms with E-state index in [-0.39, 0.29) is 23.1 Å². The van der Waals surface area contributed by atoms with Crippen LogP contribution in [0.15, 0.2) is 24.3 Å². The van der Waals surface area contributed by atoms with E-state index in [1.165, 1.54) is 31.4 Å². The lowest BCUT2D eigenvalue weighted by molar-refractivity contribution is -0.149. The van der Waals surface area contributed by atoms with Gasteiger partial charge in [0.2, 0.25) is 5.91 Å². The van der Waals surface area contributed by atoms with Crippen molar-refractivity contribution in [1.29, 1.82) is 0 Å². The topological polar surface area (TPSA) is 20.3 Å². The molecule has 0 spiro atoms. The molecule has 1 aromatic rings. The van der Waals surface area contributed by atoms with Gasteiger partial charge in [-0.3, -0.25) is 4.79 Å². The van der Waals surface area contributed by atoms with Gasteiger partial charge in [-0.05, 0) is 74.0 Å². The van der Waals surface area contributed by atoms with Crippen LogP contribution in [0.5, 0.6) is 0 Å².